The van der Waals surface area contributed by atoms with E-state index in [0.717, 1.165) is 11.1 Å². The number of fused-ring (bicyclic) bond motifs is 1. The lowest BCUT2D eigenvalue weighted by Crippen LogP contribution is -2.39. The SMILES string of the molecule is C=C1Nc2nc(-c3ccccc3)nn2C(c2ccccc2Cl)C1C(=O)Nc1ccc[nH+]c1. The number of rotatable bonds is 4. The number of benzene rings is 2. The normalized spacial score (nSPS) is 17.3. The van der Waals surface area contributed by atoms with Crippen molar-refractivity contribution in [3.8, 4) is 11.4 Å². The number of carbonyl (C=O) groups excluding carboxylic acids is 1. The maximum Gasteiger partial charge on any atom is 0.236 e. The molecule has 7 nitrogen and oxygen atoms in total. The van der Waals surface area contributed by atoms with E-state index in [1.54, 1.807) is 23.1 Å². The molecule has 0 spiro atoms. The molecule has 3 heterocycles. The third-order valence-corrected chi connectivity index (χ3v) is 5.72. The molecule has 8 heteroatoms. The van der Waals surface area contributed by atoms with E-state index in [4.69, 9.17) is 16.7 Å². The molecule has 1 amide bonds. The monoisotopic (exact) mass is 443 g/mol. The second-order valence-electron chi connectivity index (χ2n) is 7.45. The van der Waals surface area contributed by atoms with Gasteiger partial charge in [-0.3, -0.25) is 4.79 Å². The number of aromatic amines is 1. The lowest BCUT2D eigenvalue weighted by molar-refractivity contribution is -0.377. The zero-order valence-electron chi connectivity index (χ0n) is 17.0. The molecule has 2 aromatic carbocycles. The summed E-state index contributed by atoms with van der Waals surface area (Å²) in [5.41, 5.74) is 2.81. The van der Waals surface area contributed by atoms with E-state index >= 15 is 0 Å². The van der Waals surface area contributed by atoms with Crippen molar-refractivity contribution in [1.82, 2.24) is 14.8 Å². The topological polar surface area (TPSA) is 86.0 Å². The lowest BCUT2D eigenvalue weighted by Gasteiger charge is -2.34. The van der Waals surface area contributed by atoms with Crippen LogP contribution in [0.4, 0.5) is 11.6 Å². The third kappa shape index (κ3) is 3.63. The van der Waals surface area contributed by atoms with Crippen LogP contribution in [-0.4, -0.2) is 20.7 Å². The van der Waals surface area contributed by atoms with Crippen molar-refractivity contribution in [3.05, 3.63) is 102 Å². The van der Waals surface area contributed by atoms with Crippen molar-refractivity contribution in [1.29, 1.82) is 0 Å². The average molecular weight is 444 g/mol. The third-order valence-electron chi connectivity index (χ3n) is 5.37. The molecule has 0 bridgehead atoms. The van der Waals surface area contributed by atoms with Crippen LogP contribution in [0.25, 0.3) is 11.4 Å². The number of H-pyrrole nitrogens is 1. The average Bonchev–Trinajstić information content (AvgIpc) is 3.23. The van der Waals surface area contributed by atoms with E-state index in [1.807, 2.05) is 60.7 Å². The Balaban J connectivity index is 1.61. The van der Waals surface area contributed by atoms with Gasteiger partial charge in [0.15, 0.2) is 18.2 Å². The fraction of sp³-hybridized carbons (Fsp3) is 0.0833. The van der Waals surface area contributed by atoms with Crippen molar-refractivity contribution in [2.75, 3.05) is 10.6 Å². The van der Waals surface area contributed by atoms with Crippen molar-refractivity contribution < 1.29 is 9.78 Å². The van der Waals surface area contributed by atoms with Gasteiger partial charge < -0.3 is 10.6 Å². The van der Waals surface area contributed by atoms with E-state index in [-0.39, 0.29) is 5.91 Å². The Bertz CT molecular complexity index is 1290. The maximum absolute atomic E-state index is 13.4. The van der Waals surface area contributed by atoms with Gasteiger partial charge in [-0.25, -0.2) is 9.67 Å². The van der Waals surface area contributed by atoms with Crippen LogP contribution in [0.15, 0.2) is 91.4 Å². The number of nitrogens with one attached hydrogen (secondary N) is 3. The number of hydrogen-bond acceptors (Lipinski definition) is 4. The molecule has 32 heavy (non-hydrogen) atoms. The minimum atomic E-state index is -0.673. The Morgan fingerprint density at radius 3 is 2.62 bits per heavy atom. The summed E-state index contributed by atoms with van der Waals surface area (Å²) in [5.74, 6) is 0.162. The first kappa shape index (κ1) is 20.0. The van der Waals surface area contributed by atoms with Crippen LogP contribution >= 0.6 is 11.6 Å². The summed E-state index contributed by atoms with van der Waals surface area (Å²) in [5, 5.41) is 11.4. The molecule has 3 N–H and O–H groups in total. The highest BCUT2D eigenvalue weighted by molar-refractivity contribution is 6.31. The first-order valence-electron chi connectivity index (χ1n) is 10.1. The predicted octanol–water partition coefficient (Wildman–Crippen LogP) is 4.20. The van der Waals surface area contributed by atoms with Crippen LogP contribution < -0.4 is 15.6 Å². The van der Waals surface area contributed by atoms with Crippen molar-refractivity contribution >= 4 is 29.1 Å². The quantitative estimate of drug-likeness (QED) is 0.495. The zero-order valence-corrected chi connectivity index (χ0v) is 17.8. The number of anilines is 2. The summed E-state index contributed by atoms with van der Waals surface area (Å²) in [6, 6.07) is 20.2. The molecule has 5 rings (SSSR count). The number of pyridine rings is 1. The van der Waals surface area contributed by atoms with Gasteiger partial charge in [-0.15, -0.1) is 5.10 Å². The number of hydrogen-bond donors (Lipinski definition) is 2. The minimum absolute atomic E-state index is 0.227. The Labute approximate surface area is 189 Å². The molecule has 2 aromatic heterocycles. The van der Waals surface area contributed by atoms with E-state index in [2.05, 4.69) is 27.2 Å². The number of halogens is 1. The number of nitrogens with zero attached hydrogens (tertiary/aromatic N) is 3. The number of carbonyl (C=O) groups is 1. The van der Waals surface area contributed by atoms with E-state index in [1.165, 1.54) is 0 Å². The predicted molar refractivity (Wildman–Crippen MR) is 123 cm³/mol. The molecule has 2 atom stereocenters. The molecule has 1 aliphatic heterocycles. The van der Waals surface area contributed by atoms with Gasteiger partial charge in [-0.1, -0.05) is 66.7 Å². The molecular weight excluding hydrogens is 424 g/mol. The lowest BCUT2D eigenvalue weighted by atomic mass is 9.88. The van der Waals surface area contributed by atoms with Gasteiger partial charge in [0, 0.05) is 22.3 Å². The molecule has 158 valence electrons. The van der Waals surface area contributed by atoms with Gasteiger partial charge in [0.25, 0.3) is 0 Å². The Morgan fingerprint density at radius 1 is 1.09 bits per heavy atom. The van der Waals surface area contributed by atoms with Gasteiger partial charge in [0.1, 0.15) is 11.6 Å². The Kier molecular flexibility index (Phi) is 5.17. The van der Waals surface area contributed by atoms with E-state index in [9.17, 15) is 4.79 Å². The maximum atomic E-state index is 13.4. The van der Waals surface area contributed by atoms with Crippen molar-refractivity contribution in [2.45, 2.75) is 6.04 Å². The summed E-state index contributed by atoms with van der Waals surface area (Å²) in [6.45, 7) is 4.14. The fourth-order valence-corrected chi connectivity index (χ4v) is 4.13. The molecule has 1 aliphatic rings. The highest BCUT2D eigenvalue weighted by Gasteiger charge is 2.41. The molecule has 0 fully saturated rings. The molecule has 4 aromatic rings. The van der Waals surface area contributed by atoms with Crippen LogP contribution in [-0.2, 0) is 4.79 Å². The Morgan fingerprint density at radius 2 is 1.88 bits per heavy atom. The largest absolute Gasteiger partial charge is 0.328 e. The molecule has 0 aliphatic carbocycles. The van der Waals surface area contributed by atoms with Gasteiger partial charge in [-0.05, 0) is 17.7 Å². The first-order valence-corrected chi connectivity index (χ1v) is 10.5. The fourth-order valence-electron chi connectivity index (χ4n) is 3.88. The summed E-state index contributed by atoms with van der Waals surface area (Å²) < 4.78 is 1.72. The standard InChI is InChI=1S/C24H19ClN6O/c1-15-20(23(32)28-17-10-7-13-26-14-17)21(18-11-5-6-12-19(18)25)31-24(27-15)29-22(30-31)16-8-3-2-4-9-16/h2-14,20-21H,1H2,(H,28,32)(H,27,29,30)/p+1. The van der Waals surface area contributed by atoms with Crippen LogP contribution in [0.2, 0.25) is 5.02 Å². The smallest absolute Gasteiger partial charge is 0.236 e. The molecule has 0 radical (unpaired) electrons. The van der Waals surface area contributed by atoms with E-state index in [0.29, 0.717) is 28.2 Å². The van der Waals surface area contributed by atoms with Gasteiger partial charge >= 0.3 is 0 Å². The van der Waals surface area contributed by atoms with E-state index < -0.39 is 12.0 Å². The van der Waals surface area contributed by atoms with Crippen LogP contribution in [0.3, 0.4) is 0 Å². The van der Waals surface area contributed by atoms with Gasteiger partial charge in [0.05, 0.1) is 6.04 Å². The molecule has 0 saturated heterocycles. The molecule has 0 saturated carbocycles. The van der Waals surface area contributed by atoms with Crippen LogP contribution in [0.1, 0.15) is 11.6 Å². The highest BCUT2D eigenvalue weighted by Crippen LogP contribution is 2.41. The summed E-state index contributed by atoms with van der Waals surface area (Å²) >= 11 is 6.58. The van der Waals surface area contributed by atoms with Gasteiger partial charge in [-0.2, -0.15) is 4.98 Å². The van der Waals surface area contributed by atoms with Gasteiger partial charge in [0.2, 0.25) is 11.9 Å². The number of amides is 1. The Hall–Kier alpha value is -3.97. The van der Waals surface area contributed by atoms with Crippen molar-refractivity contribution in [3.63, 3.8) is 0 Å². The van der Waals surface area contributed by atoms with Crippen molar-refractivity contribution in [2.24, 2.45) is 5.92 Å². The minimum Gasteiger partial charge on any atom is -0.328 e. The first-order chi connectivity index (χ1) is 15.6. The van der Waals surface area contributed by atoms with Crippen LogP contribution in [0, 0.1) is 5.92 Å². The van der Waals surface area contributed by atoms with Crippen LogP contribution in [0.5, 0.6) is 0 Å². The second kappa shape index (κ2) is 8.28. The summed E-state index contributed by atoms with van der Waals surface area (Å²) in [6.07, 6.45) is 3.49. The summed E-state index contributed by atoms with van der Waals surface area (Å²) in [7, 11) is 0. The molecular formula is C24H20ClN6O+. The zero-order chi connectivity index (χ0) is 22.1. The summed E-state index contributed by atoms with van der Waals surface area (Å²) in [4.78, 5) is 21.1. The number of aromatic nitrogens is 4. The second-order valence-corrected chi connectivity index (χ2v) is 7.85. The highest BCUT2D eigenvalue weighted by atomic mass is 35.5. The molecule has 2 unspecified atom stereocenters.